The fourth-order valence-corrected chi connectivity index (χ4v) is 5.03. The maximum Gasteiger partial charge on any atom is 0.325 e. The Morgan fingerprint density at radius 3 is 2.39 bits per heavy atom. The number of nitrogens with zero attached hydrogens (tertiary/aromatic N) is 3. The third kappa shape index (κ3) is 5.12. The van der Waals surface area contributed by atoms with Gasteiger partial charge >= 0.3 is 5.69 Å². The number of aryl methyl sites for hydroxylation is 1. The van der Waals surface area contributed by atoms with Crippen molar-refractivity contribution in [1.82, 2.24) is 24.2 Å². The number of aromatic amines is 2. The van der Waals surface area contributed by atoms with Gasteiger partial charge in [0.05, 0.1) is 10.4 Å². The van der Waals surface area contributed by atoms with Gasteiger partial charge in [-0.2, -0.15) is 4.31 Å². The van der Waals surface area contributed by atoms with E-state index in [4.69, 9.17) is 0 Å². The van der Waals surface area contributed by atoms with Crippen molar-refractivity contribution >= 4 is 38.8 Å². The van der Waals surface area contributed by atoms with Gasteiger partial charge in [0.2, 0.25) is 21.8 Å². The van der Waals surface area contributed by atoms with Gasteiger partial charge in [0, 0.05) is 39.0 Å². The highest BCUT2D eigenvalue weighted by molar-refractivity contribution is 7.89. The van der Waals surface area contributed by atoms with Crippen LogP contribution in [0.15, 0.2) is 46.1 Å². The summed E-state index contributed by atoms with van der Waals surface area (Å²) in [5.41, 5.74) is 1.44. The zero-order valence-electron chi connectivity index (χ0n) is 18.0. The zero-order valence-corrected chi connectivity index (χ0v) is 18.8. The molecule has 0 atom stereocenters. The molecule has 3 aromatic rings. The smallest absolute Gasteiger partial charge is 0.325 e. The second kappa shape index (κ2) is 9.16. The molecular formula is C21H24N6O5S. The number of rotatable bonds is 6. The molecule has 12 heteroatoms. The number of sulfonamides is 1. The van der Waals surface area contributed by atoms with Crippen LogP contribution in [0, 0.1) is 6.92 Å². The fraction of sp³-hybridized carbons (Fsp3) is 0.333. The van der Waals surface area contributed by atoms with Gasteiger partial charge < -0.3 is 15.2 Å². The number of carbonyl (C=O) groups excluding carboxylic acids is 2. The highest BCUT2D eigenvalue weighted by atomic mass is 32.2. The predicted octanol–water partition coefficient (Wildman–Crippen LogP) is 0.811. The summed E-state index contributed by atoms with van der Waals surface area (Å²) in [6.07, 6.45) is -0.0378. The van der Waals surface area contributed by atoms with Crippen LogP contribution in [0.5, 0.6) is 0 Å². The Bertz CT molecular complexity index is 1340. The summed E-state index contributed by atoms with van der Waals surface area (Å²) >= 11 is 0. The first kappa shape index (κ1) is 22.7. The molecule has 33 heavy (non-hydrogen) atoms. The van der Waals surface area contributed by atoms with Crippen LogP contribution in [0.3, 0.4) is 0 Å². The van der Waals surface area contributed by atoms with Crippen molar-refractivity contribution in [1.29, 1.82) is 0 Å². The number of H-pyrrole nitrogens is 2. The molecule has 174 valence electrons. The SMILES string of the molecule is Cc1ccc(S(=O)(=O)N2CCN(C(=O)CCC(=O)Nc3ccc4[nH]c(=O)[nH]c4n3)CC2)cc1. The van der Waals surface area contributed by atoms with Crippen LogP contribution in [0.25, 0.3) is 11.2 Å². The number of piperazine rings is 1. The summed E-state index contributed by atoms with van der Waals surface area (Å²) in [7, 11) is -3.60. The van der Waals surface area contributed by atoms with Crippen molar-refractivity contribution in [3.8, 4) is 0 Å². The van der Waals surface area contributed by atoms with Crippen LogP contribution in [-0.2, 0) is 19.6 Å². The summed E-state index contributed by atoms with van der Waals surface area (Å²) < 4.78 is 27.0. The molecule has 2 aromatic heterocycles. The third-order valence-corrected chi connectivity index (χ3v) is 7.37. The molecule has 0 saturated carbocycles. The summed E-state index contributed by atoms with van der Waals surface area (Å²) in [6, 6.07) is 9.85. The van der Waals surface area contributed by atoms with E-state index in [1.807, 2.05) is 6.92 Å². The van der Waals surface area contributed by atoms with Crippen molar-refractivity contribution in [3.63, 3.8) is 0 Å². The number of imidazole rings is 1. The maximum absolute atomic E-state index is 12.8. The van der Waals surface area contributed by atoms with Gasteiger partial charge in [0.25, 0.3) is 0 Å². The number of fused-ring (bicyclic) bond motifs is 1. The van der Waals surface area contributed by atoms with Crippen LogP contribution in [-0.4, -0.2) is 70.6 Å². The van der Waals surface area contributed by atoms with Gasteiger partial charge in [-0.1, -0.05) is 17.7 Å². The van der Waals surface area contributed by atoms with E-state index in [0.717, 1.165) is 5.56 Å². The Morgan fingerprint density at radius 2 is 1.70 bits per heavy atom. The Hall–Kier alpha value is -3.51. The van der Waals surface area contributed by atoms with Crippen LogP contribution in [0.2, 0.25) is 0 Å². The molecule has 2 amide bonds. The average Bonchev–Trinajstić information content (AvgIpc) is 3.17. The molecule has 3 heterocycles. The van der Waals surface area contributed by atoms with E-state index in [-0.39, 0.29) is 61.5 Å². The van der Waals surface area contributed by atoms with E-state index in [2.05, 4.69) is 20.3 Å². The number of amides is 2. The molecule has 1 fully saturated rings. The van der Waals surface area contributed by atoms with Crippen molar-refractivity contribution in [3.05, 3.63) is 52.4 Å². The Labute approximate surface area is 189 Å². The number of pyridine rings is 1. The lowest BCUT2D eigenvalue weighted by molar-refractivity contribution is -0.133. The summed E-state index contributed by atoms with van der Waals surface area (Å²) in [5.74, 6) is -0.324. The number of nitrogens with one attached hydrogen (secondary N) is 3. The molecule has 1 aliphatic rings. The fourth-order valence-electron chi connectivity index (χ4n) is 3.61. The molecule has 11 nitrogen and oxygen atoms in total. The lowest BCUT2D eigenvalue weighted by Gasteiger charge is -2.34. The molecule has 0 radical (unpaired) electrons. The van der Waals surface area contributed by atoms with E-state index in [9.17, 15) is 22.8 Å². The second-order valence-corrected chi connectivity index (χ2v) is 9.76. The largest absolute Gasteiger partial charge is 0.340 e. The number of hydrogen-bond donors (Lipinski definition) is 3. The monoisotopic (exact) mass is 472 g/mol. The van der Waals surface area contributed by atoms with Gasteiger partial charge in [-0.05, 0) is 31.2 Å². The number of aromatic nitrogens is 3. The molecule has 1 saturated heterocycles. The molecule has 3 N–H and O–H groups in total. The van der Waals surface area contributed by atoms with E-state index in [1.165, 1.54) is 4.31 Å². The standard InChI is InChI=1S/C21H24N6O5S/c1-14-2-4-15(5-3-14)33(31,32)27-12-10-26(11-13-27)19(29)9-8-18(28)23-17-7-6-16-20(24-17)25-21(30)22-16/h2-7H,8-13H2,1H3,(H3,22,23,24,25,28,30). The van der Waals surface area contributed by atoms with E-state index < -0.39 is 15.7 Å². The molecule has 0 bridgehead atoms. The third-order valence-electron chi connectivity index (χ3n) is 5.46. The topological polar surface area (TPSA) is 148 Å². The van der Waals surface area contributed by atoms with E-state index in [1.54, 1.807) is 41.3 Å². The predicted molar refractivity (Wildman–Crippen MR) is 121 cm³/mol. The quantitative estimate of drug-likeness (QED) is 0.484. The van der Waals surface area contributed by atoms with Crippen molar-refractivity contribution in [2.45, 2.75) is 24.7 Å². The van der Waals surface area contributed by atoms with Crippen LogP contribution < -0.4 is 11.0 Å². The molecule has 0 aliphatic carbocycles. The van der Waals surface area contributed by atoms with Crippen molar-refractivity contribution < 1.29 is 18.0 Å². The minimum atomic E-state index is -3.60. The molecule has 1 aliphatic heterocycles. The normalized spacial score (nSPS) is 15.0. The maximum atomic E-state index is 12.8. The first-order valence-corrected chi connectivity index (χ1v) is 11.9. The lowest BCUT2D eigenvalue weighted by atomic mass is 10.2. The number of carbonyl (C=O) groups is 2. The number of anilines is 1. The number of hydrogen-bond acceptors (Lipinski definition) is 6. The van der Waals surface area contributed by atoms with Gasteiger partial charge in [-0.15, -0.1) is 0 Å². The Kier molecular flexibility index (Phi) is 6.29. The minimum Gasteiger partial charge on any atom is -0.340 e. The summed E-state index contributed by atoms with van der Waals surface area (Å²) in [5, 5.41) is 2.61. The molecule has 1 aromatic carbocycles. The zero-order chi connectivity index (χ0) is 23.6. The first-order valence-electron chi connectivity index (χ1n) is 10.5. The highest BCUT2D eigenvalue weighted by Crippen LogP contribution is 2.19. The first-order chi connectivity index (χ1) is 15.7. The van der Waals surface area contributed by atoms with Crippen molar-refractivity contribution in [2.75, 3.05) is 31.5 Å². The summed E-state index contributed by atoms with van der Waals surface area (Å²) in [6.45, 7) is 2.83. The van der Waals surface area contributed by atoms with Crippen LogP contribution >= 0.6 is 0 Å². The second-order valence-electron chi connectivity index (χ2n) is 7.82. The molecule has 0 spiro atoms. The van der Waals surface area contributed by atoms with Gasteiger partial charge in [-0.25, -0.2) is 18.2 Å². The van der Waals surface area contributed by atoms with E-state index in [0.29, 0.717) is 11.2 Å². The minimum absolute atomic E-state index is 0.000221. The highest BCUT2D eigenvalue weighted by Gasteiger charge is 2.30. The Morgan fingerprint density at radius 1 is 1.00 bits per heavy atom. The molecule has 0 unspecified atom stereocenters. The van der Waals surface area contributed by atoms with Crippen molar-refractivity contribution in [2.24, 2.45) is 0 Å². The van der Waals surface area contributed by atoms with Gasteiger partial charge in [0.1, 0.15) is 5.82 Å². The molecule has 4 rings (SSSR count). The Balaban J connectivity index is 1.26. The van der Waals surface area contributed by atoms with Crippen LogP contribution in [0.4, 0.5) is 5.82 Å². The van der Waals surface area contributed by atoms with E-state index >= 15 is 0 Å². The van der Waals surface area contributed by atoms with Crippen LogP contribution in [0.1, 0.15) is 18.4 Å². The molecular weight excluding hydrogens is 448 g/mol. The lowest BCUT2D eigenvalue weighted by Crippen LogP contribution is -2.50. The number of benzene rings is 1. The summed E-state index contributed by atoms with van der Waals surface area (Å²) in [4.78, 5) is 47.0. The van der Waals surface area contributed by atoms with Gasteiger partial charge in [-0.3, -0.25) is 14.6 Å². The van der Waals surface area contributed by atoms with Gasteiger partial charge in [0.15, 0.2) is 5.65 Å². The average molecular weight is 473 g/mol.